The van der Waals surface area contributed by atoms with Gasteiger partial charge < -0.3 is 19.8 Å². The number of carbonyl (C=O) groups excluding carboxylic acids is 2. The van der Waals surface area contributed by atoms with Crippen LogP contribution >= 0.6 is 0 Å². The fourth-order valence-corrected chi connectivity index (χ4v) is 3.46. The highest BCUT2D eigenvalue weighted by Gasteiger charge is 2.12. The van der Waals surface area contributed by atoms with Crippen LogP contribution in [0.3, 0.4) is 0 Å². The van der Waals surface area contributed by atoms with Crippen LogP contribution in [0.4, 0.5) is 11.5 Å². The molecule has 172 valence electrons. The fraction of sp³-hybridized carbons (Fsp3) is 0.0385. The highest BCUT2D eigenvalue weighted by molar-refractivity contribution is 6.04. The molecule has 0 fully saturated rings. The Morgan fingerprint density at radius 3 is 2.60 bits per heavy atom. The van der Waals surface area contributed by atoms with Gasteiger partial charge in [0.15, 0.2) is 5.82 Å². The second-order valence-electron chi connectivity index (χ2n) is 7.71. The summed E-state index contributed by atoms with van der Waals surface area (Å²) in [5, 5.41) is 5.61. The number of anilines is 2. The zero-order valence-electron chi connectivity index (χ0n) is 18.7. The molecule has 2 N–H and O–H groups in total. The molecule has 1 aromatic carbocycles. The Balaban J connectivity index is 1.29. The first-order chi connectivity index (χ1) is 17.0. The SMILES string of the molecule is Cc1cccnc1C(=O)Nc1cccc(Oc2ccc3nc(NC(=O)c4cccnc4)cn3c2)c1. The van der Waals surface area contributed by atoms with Crippen molar-refractivity contribution in [2.24, 2.45) is 0 Å². The van der Waals surface area contributed by atoms with Gasteiger partial charge in [0.05, 0.1) is 18.0 Å². The number of benzene rings is 1. The van der Waals surface area contributed by atoms with E-state index in [1.807, 2.05) is 13.0 Å². The molecule has 0 aliphatic carbocycles. The van der Waals surface area contributed by atoms with E-state index >= 15 is 0 Å². The summed E-state index contributed by atoms with van der Waals surface area (Å²) in [4.78, 5) is 37.4. The number of pyridine rings is 3. The van der Waals surface area contributed by atoms with Gasteiger partial charge in [-0.3, -0.25) is 19.6 Å². The zero-order chi connectivity index (χ0) is 24.2. The van der Waals surface area contributed by atoms with Crippen molar-refractivity contribution in [3.63, 3.8) is 0 Å². The minimum Gasteiger partial charge on any atom is -0.456 e. The number of rotatable bonds is 6. The van der Waals surface area contributed by atoms with Crippen molar-refractivity contribution in [3.8, 4) is 11.5 Å². The van der Waals surface area contributed by atoms with E-state index in [9.17, 15) is 9.59 Å². The molecule has 2 amide bonds. The molecule has 0 radical (unpaired) electrons. The lowest BCUT2D eigenvalue weighted by Gasteiger charge is -2.10. The number of ether oxygens (including phenoxy) is 1. The lowest BCUT2D eigenvalue weighted by molar-refractivity contribution is 0.101. The number of hydrogen-bond donors (Lipinski definition) is 2. The molecule has 0 saturated heterocycles. The summed E-state index contributed by atoms with van der Waals surface area (Å²) in [6.45, 7) is 1.84. The predicted molar refractivity (Wildman–Crippen MR) is 131 cm³/mol. The molecule has 0 saturated carbocycles. The van der Waals surface area contributed by atoms with Crippen LogP contribution in [-0.4, -0.2) is 31.2 Å². The number of nitrogens with zero attached hydrogens (tertiary/aromatic N) is 4. The van der Waals surface area contributed by atoms with Gasteiger partial charge in [0.2, 0.25) is 0 Å². The number of fused-ring (bicyclic) bond motifs is 1. The standard InChI is InChI=1S/C26H20N6O3/c1-17-5-3-12-28-24(17)26(34)29-19-7-2-8-20(13-19)35-21-9-10-23-30-22(16-32(23)15-21)31-25(33)18-6-4-11-27-14-18/h2-16H,1H3,(H,29,34)(H,31,33). The zero-order valence-corrected chi connectivity index (χ0v) is 18.7. The third-order valence-corrected chi connectivity index (χ3v) is 5.14. The quantitative estimate of drug-likeness (QED) is 0.376. The number of aryl methyl sites for hydroxylation is 1. The summed E-state index contributed by atoms with van der Waals surface area (Å²) in [6, 6.07) is 17.6. The monoisotopic (exact) mass is 464 g/mol. The van der Waals surface area contributed by atoms with Crippen molar-refractivity contribution in [1.29, 1.82) is 0 Å². The van der Waals surface area contributed by atoms with Crippen LogP contribution in [0.5, 0.6) is 11.5 Å². The molecule has 35 heavy (non-hydrogen) atoms. The number of nitrogens with one attached hydrogen (secondary N) is 2. The third kappa shape index (κ3) is 4.98. The minimum atomic E-state index is -0.294. The van der Waals surface area contributed by atoms with E-state index in [4.69, 9.17) is 4.74 Å². The van der Waals surface area contributed by atoms with Gasteiger partial charge in [0.1, 0.15) is 22.8 Å². The average molecular weight is 464 g/mol. The summed E-state index contributed by atoms with van der Waals surface area (Å²) in [7, 11) is 0. The Morgan fingerprint density at radius 1 is 0.886 bits per heavy atom. The topological polar surface area (TPSA) is 111 Å². The van der Waals surface area contributed by atoms with Gasteiger partial charge in [0, 0.05) is 30.3 Å². The molecule has 0 aliphatic heterocycles. The van der Waals surface area contributed by atoms with Crippen molar-refractivity contribution in [3.05, 3.63) is 108 Å². The van der Waals surface area contributed by atoms with Gasteiger partial charge in [-0.1, -0.05) is 12.1 Å². The molecule has 4 heterocycles. The second-order valence-corrected chi connectivity index (χ2v) is 7.71. The summed E-state index contributed by atoms with van der Waals surface area (Å²) < 4.78 is 7.74. The number of aromatic nitrogens is 4. The van der Waals surface area contributed by atoms with Gasteiger partial charge in [-0.25, -0.2) is 4.98 Å². The number of carbonyl (C=O) groups is 2. The van der Waals surface area contributed by atoms with E-state index in [1.54, 1.807) is 83.8 Å². The molecule has 0 bridgehead atoms. The second kappa shape index (κ2) is 9.44. The van der Waals surface area contributed by atoms with E-state index in [2.05, 4.69) is 25.6 Å². The maximum Gasteiger partial charge on any atom is 0.274 e. The molecule has 0 unspecified atom stereocenters. The number of hydrogen-bond acceptors (Lipinski definition) is 6. The van der Waals surface area contributed by atoms with E-state index in [0.29, 0.717) is 39.9 Å². The van der Waals surface area contributed by atoms with Crippen LogP contribution in [0.2, 0.25) is 0 Å². The van der Waals surface area contributed by atoms with E-state index in [0.717, 1.165) is 5.56 Å². The third-order valence-electron chi connectivity index (χ3n) is 5.14. The number of imidazole rings is 1. The Hall–Kier alpha value is -5.05. The first-order valence-electron chi connectivity index (χ1n) is 10.8. The Kier molecular flexibility index (Phi) is 5.87. The normalized spacial score (nSPS) is 10.7. The summed E-state index contributed by atoms with van der Waals surface area (Å²) >= 11 is 0. The van der Waals surface area contributed by atoms with E-state index in [-0.39, 0.29) is 11.8 Å². The molecule has 5 rings (SSSR count). The highest BCUT2D eigenvalue weighted by Crippen LogP contribution is 2.25. The van der Waals surface area contributed by atoms with Crippen molar-refractivity contribution >= 4 is 29.0 Å². The molecule has 5 aromatic rings. The summed E-state index contributed by atoms with van der Waals surface area (Å²) in [6.07, 6.45) is 8.13. The van der Waals surface area contributed by atoms with Gasteiger partial charge in [-0.15, -0.1) is 0 Å². The van der Waals surface area contributed by atoms with Crippen LogP contribution in [0.15, 0.2) is 91.6 Å². The van der Waals surface area contributed by atoms with E-state index < -0.39 is 0 Å². The Labute approximate surface area is 200 Å². The lowest BCUT2D eigenvalue weighted by atomic mass is 10.2. The maximum absolute atomic E-state index is 12.6. The van der Waals surface area contributed by atoms with Crippen LogP contribution < -0.4 is 15.4 Å². The highest BCUT2D eigenvalue weighted by atomic mass is 16.5. The van der Waals surface area contributed by atoms with Crippen LogP contribution in [0.1, 0.15) is 26.4 Å². The minimum absolute atomic E-state index is 0.291. The van der Waals surface area contributed by atoms with Crippen molar-refractivity contribution in [2.75, 3.05) is 10.6 Å². The van der Waals surface area contributed by atoms with E-state index in [1.165, 1.54) is 6.20 Å². The van der Waals surface area contributed by atoms with Crippen LogP contribution in [-0.2, 0) is 0 Å². The molecule has 0 aliphatic rings. The Morgan fingerprint density at radius 2 is 1.77 bits per heavy atom. The van der Waals surface area contributed by atoms with Gasteiger partial charge >= 0.3 is 0 Å². The van der Waals surface area contributed by atoms with Gasteiger partial charge in [-0.2, -0.15) is 0 Å². The van der Waals surface area contributed by atoms with Crippen molar-refractivity contribution < 1.29 is 14.3 Å². The molecule has 9 nitrogen and oxygen atoms in total. The average Bonchev–Trinajstić information content (AvgIpc) is 3.26. The summed E-state index contributed by atoms with van der Waals surface area (Å²) in [5.74, 6) is 0.929. The molecular weight excluding hydrogens is 444 g/mol. The molecule has 0 spiro atoms. The Bertz CT molecular complexity index is 1530. The maximum atomic E-state index is 12.6. The molecule has 4 aromatic heterocycles. The predicted octanol–water partition coefficient (Wildman–Crippen LogP) is 4.73. The lowest BCUT2D eigenvalue weighted by Crippen LogP contribution is -2.15. The van der Waals surface area contributed by atoms with Gasteiger partial charge in [-0.05, 0) is 55.0 Å². The molecule has 0 atom stereocenters. The molecule has 9 heteroatoms. The van der Waals surface area contributed by atoms with Crippen molar-refractivity contribution in [2.45, 2.75) is 6.92 Å². The smallest absolute Gasteiger partial charge is 0.274 e. The van der Waals surface area contributed by atoms with Crippen molar-refractivity contribution in [1.82, 2.24) is 19.4 Å². The first kappa shape index (κ1) is 21.8. The first-order valence-corrected chi connectivity index (χ1v) is 10.8. The number of amides is 2. The largest absolute Gasteiger partial charge is 0.456 e. The molecular formula is C26H20N6O3. The summed E-state index contributed by atoms with van der Waals surface area (Å²) in [5.41, 5.74) is 2.84. The van der Waals surface area contributed by atoms with Gasteiger partial charge in [0.25, 0.3) is 11.8 Å². The van der Waals surface area contributed by atoms with Crippen LogP contribution in [0, 0.1) is 6.92 Å². The fourth-order valence-electron chi connectivity index (χ4n) is 3.46. The van der Waals surface area contributed by atoms with Crippen LogP contribution in [0.25, 0.3) is 5.65 Å².